The summed E-state index contributed by atoms with van der Waals surface area (Å²) in [5.74, 6) is 0.947. The second kappa shape index (κ2) is 4.93. The summed E-state index contributed by atoms with van der Waals surface area (Å²) in [6.07, 6.45) is 1.61. The number of nitro groups is 1. The number of fused-ring (bicyclic) bond motifs is 1. The van der Waals surface area contributed by atoms with Gasteiger partial charge in [-0.05, 0) is 18.2 Å². The smallest absolute Gasteiger partial charge is 0.269 e. The van der Waals surface area contributed by atoms with Gasteiger partial charge in [0.2, 0.25) is 5.55 Å². The summed E-state index contributed by atoms with van der Waals surface area (Å²) < 4.78 is 5.34. The molecule has 0 N–H and O–H groups in total. The Morgan fingerprint density at radius 3 is 2.62 bits per heavy atom. The van der Waals surface area contributed by atoms with Gasteiger partial charge in [0.1, 0.15) is 12.5 Å². The van der Waals surface area contributed by atoms with E-state index in [-0.39, 0.29) is 5.69 Å². The van der Waals surface area contributed by atoms with Crippen LogP contribution < -0.4 is 15.7 Å². The van der Waals surface area contributed by atoms with Gasteiger partial charge in [0.05, 0.1) is 16.4 Å². The quantitative estimate of drug-likeness (QED) is 0.619. The van der Waals surface area contributed by atoms with Crippen LogP contribution in [0.3, 0.4) is 0 Å². The van der Waals surface area contributed by atoms with Gasteiger partial charge in [0, 0.05) is 31.9 Å². The molecule has 7 heteroatoms. The molecule has 7 nitrogen and oxygen atoms in total. The van der Waals surface area contributed by atoms with E-state index in [4.69, 9.17) is 4.42 Å². The van der Waals surface area contributed by atoms with E-state index in [1.54, 1.807) is 18.4 Å². The largest absolute Gasteiger partial charge is 0.446 e. The molecule has 1 aromatic heterocycles. The van der Waals surface area contributed by atoms with Gasteiger partial charge < -0.3 is 14.2 Å². The predicted molar refractivity (Wildman–Crippen MR) is 77.0 cm³/mol. The van der Waals surface area contributed by atoms with Gasteiger partial charge in [-0.15, -0.1) is 0 Å². The van der Waals surface area contributed by atoms with Crippen LogP contribution in [0.5, 0.6) is 0 Å². The van der Waals surface area contributed by atoms with Crippen molar-refractivity contribution in [2.24, 2.45) is 4.99 Å². The molecule has 0 saturated carbocycles. The van der Waals surface area contributed by atoms with Crippen molar-refractivity contribution in [3.63, 3.8) is 0 Å². The molecule has 108 valence electrons. The van der Waals surface area contributed by atoms with Crippen LogP contribution in [0.2, 0.25) is 0 Å². The molecule has 1 aliphatic rings. The predicted octanol–water partition coefficient (Wildman–Crippen LogP) is 0.912. The first kappa shape index (κ1) is 13.2. The Labute approximate surface area is 120 Å². The topological polar surface area (TPSA) is 75.1 Å². The highest BCUT2D eigenvalue weighted by atomic mass is 16.6. The molecule has 0 bridgehead atoms. The van der Waals surface area contributed by atoms with Crippen molar-refractivity contribution in [3.8, 4) is 0 Å². The Morgan fingerprint density at radius 1 is 1.29 bits per heavy atom. The number of rotatable bonds is 3. The Hall–Kier alpha value is -2.83. The van der Waals surface area contributed by atoms with E-state index >= 15 is 0 Å². The average molecular weight is 286 g/mol. The van der Waals surface area contributed by atoms with Gasteiger partial charge in [-0.2, -0.15) is 0 Å². The molecule has 21 heavy (non-hydrogen) atoms. The van der Waals surface area contributed by atoms with E-state index in [1.807, 2.05) is 30.0 Å². The van der Waals surface area contributed by atoms with Crippen LogP contribution in [0.15, 0.2) is 46.0 Å². The third-order valence-corrected chi connectivity index (χ3v) is 3.29. The van der Waals surface area contributed by atoms with Crippen LogP contribution >= 0.6 is 0 Å². The lowest BCUT2D eigenvalue weighted by Crippen LogP contribution is -2.43. The van der Waals surface area contributed by atoms with Crippen LogP contribution in [0.4, 0.5) is 11.4 Å². The van der Waals surface area contributed by atoms with Gasteiger partial charge in [0.15, 0.2) is 0 Å². The van der Waals surface area contributed by atoms with Crippen molar-refractivity contribution in [2.45, 2.75) is 0 Å². The van der Waals surface area contributed by atoms with Gasteiger partial charge in [0.25, 0.3) is 5.69 Å². The SMILES string of the molecule is CN(C)C1=c2ccoc2=NCN1c1ccc([N+](=O)[O-])cc1. The molecule has 0 radical (unpaired) electrons. The van der Waals surface area contributed by atoms with E-state index in [9.17, 15) is 10.1 Å². The summed E-state index contributed by atoms with van der Waals surface area (Å²) in [5, 5.41) is 11.6. The van der Waals surface area contributed by atoms with Gasteiger partial charge >= 0.3 is 0 Å². The van der Waals surface area contributed by atoms with Crippen molar-refractivity contribution in [2.75, 3.05) is 25.7 Å². The van der Waals surface area contributed by atoms with Crippen molar-refractivity contribution in [3.05, 3.63) is 57.5 Å². The minimum Gasteiger partial charge on any atom is -0.446 e. The number of hydrogen-bond donors (Lipinski definition) is 0. The maximum absolute atomic E-state index is 10.7. The second-order valence-electron chi connectivity index (χ2n) is 4.86. The molecule has 0 aliphatic carbocycles. The molecule has 3 rings (SSSR count). The first-order valence-electron chi connectivity index (χ1n) is 6.39. The van der Waals surface area contributed by atoms with Crippen LogP contribution in [0, 0.1) is 10.1 Å². The highest BCUT2D eigenvalue weighted by molar-refractivity contribution is 5.68. The van der Waals surface area contributed by atoms with E-state index in [0.717, 1.165) is 16.7 Å². The summed E-state index contributed by atoms with van der Waals surface area (Å²) >= 11 is 0. The van der Waals surface area contributed by atoms with Crippen molar-refractivity contribution in [1.29, 1.82) is 0 Å². The third-order valence-electron chi connectivity index (χ3n) is 3.29. The summed E-state index contributed by atoms with van der Waals surface area (Å²) in [4.78, 5) is 18.7. The molecule has 0 atom stereocenters. The van der Waals surface area contributed by atoms with E-state index in [2.05, 4.69) is 4.99 Å². The van der Waals surface area contributed by atoms with E-state index < -0.39 is 4.92 Å². The lowest BCUT2D eigenvalue weighted by molar-refractivity contribution is -0.384. The van der Waals surface area contributed by atoms with Crippen LogP contribution in [0.25, 0.3) is 5.82 Å². The second-order valence-corrected chi connectivity index (χ2v) is 4.86. The number of nitro benzene ring substituents is 1. The zero-order valence-electron chi connectivity index (χ0n) is 11.7. The zero-order valence-corrected chi connectivity index (χ0v) is 11.7. The minimum absolute atomic E-state index is 0.0723. The molecular weight excluding hydrogens is 272 g/mol. The molecule has 2 heterocycles. The molecule has 0 unspecified atom stereocenters. The standard InChI is InChI=1S/C14H14N4O3/c1-16(2)14-12-7-8-21-13(12)15-9-17(14)10-3-5-11(6-4-10)18(19)20/h3-8H,9H2,1-2H3. The van der Waals surface area contributed by atoms with Gasteiger partial charge in [-0.25, -0.2) is 4.99 Å². The van der Waals surface area contributed by atoms with Gasteiger partial charge in [-0.3, -0.25) is 10.1 Å². The van der Waals surface area contributed by atoms with E-state index in [1.165, 1.54) is 12.1 Å². The molecule has 0 fully saturated rings. The number of non-ortho nitro benzene ring substituents is 1. The molecule has 0 saturated heterocycles. The molecule has 0 spiro atoms. The fourth-order valence-corrected chi connectivity index (χ4v) is 2.38. The Kier molecular flexibility index (Phi) is 3.09. The number of anilines is 1. The summed E-state index contributed by atoms with van der Waals surface area (Å²) in [7, 11) is 3.88. The minimum atomic E-state index is -0.408. The van der Waals surface area contributed by atoms with Crippen molar-refractivity contribution < 1.29 is 9.34 Å². The first-order valence-corrected chi connectivity index (χ1v) is 6.39. The fraction of sp³-hybridized carbons (Fsp3) is 0.214. The average Bonchev–Trinajstić information content (AvgIpc) is 2.94. The summed E-state index contributed by atoms with van der Waals surface area (Å²) in [5.41, 5.74) is 1.53. The molecule has 0 amide bonds. The summed E-state index contributed by atoms with van der Waals surface area (Å²) in [6.45, 7) is 0.409. The maximum atomic E-state index is 10.7. The number of nitrogens with zero attached hydrogens (tertiary/aromatic N) is 4. The van der Waals surface area contributed by atoms with Crippen LogP contribution in [-0.4, -0.2) is 30.6 Å². The third kappa shape index (κ3) is 2.22. The lowest BCUT2D eigenvalue weighted by Gasteiger charge is -2.31. The Morgan fingerprint density at radius 2 is 2.00 bits per heavy atom. The Balaban J connectivity index is 2.09. The number of furan rings is 1. The summed E-state index contributed by atoms with van der Waals surface area (Å²) in [6, 6.07) is 8.30. The molecular formula is C14H14N4O3. The highest BCUT2D eigenvalue weighted by Crippen LogP contribution is 2.24. The molecule has 1 aliphatic heterocycles. The normalized spacial score (nSPS) is 13.6. The van der Waals surface area contributed by atoms with Crippen LogP contribution in [-0.2, 0) is 0 Å². The monoisotopic (exact) mass is 286 g/mol. The highest BCUT2D eigenvalue weighted by Gasteiger charge is 2.20. The lowest BCUT2D eigenvalue weighted by atomic mass is 10.2. The fourth-order valence-electron chi connectivity index (χ4n) is 2.38. The maximum Gasteiger partial charge on any atom is 0.269 e. The first-order chi connectivity index (χ1) is 10.1. The van der Waals surface area contributed by atoms with E-state index in [0.29, 0.717) is 12.2 Å². The number of hydrogen-bond acceptors (Lipinski definition) is 6. The van der Waals surface area contributed by atoms with Crippen molar-refractivity contribution in [1.82, 2.24) is 4.90 Å². The van der Waals surface area contributed by atoms with Gasteiger partial charge in [-0.1, -0.05) is 0 Å². The van der Waals surface area contributed by atoms with Crippen LogP contribution in [0.1, 0.15) is 0 Å². The van der Waals surface area contributed by atoms with Crippen molar-refractivity contribution >= 4 is 17.2 Å². The molecule has 1 aromatic carbocycles. The Bertz CT molecular complexity index is 792. The molecule has 2 aromatic rings. The number of benzene rings is 1. The zero-order chi connectivity index (χ0) is 15.0.